The molecule has 0 saturated carbocycles. The molecule has 3 aromatic rings. The topological polar surface area (TPSA) is 55.6 Å². The largest absolute Gasteiger partial charge is 0.497 e. The molecule has 0 aliphatic heterocycles. The number of hydrogen-bond acceptors (Lipinski definition) is 3. The van der Waals surface area contributed by atoms with Crippen molar-refractivity contribution < 1.29 is 9.53 Å². The number of imidazole rings is 1. The molecule has 2 aromatic heterocycles. The van der Waals surface area contributed by atoms with Crippen LogP contribution in [0.3, 0.4) is 0 Å². The van der Waals surface area contributed by atoms with Crippen LogP contribution in [-0.2, 0) is 11.3 Å². The lowest BCUT2D eigenvalue weighted by Gasteiger charge is -2.00. The number of ether oxygens (including phenoxy) is 1. The second-order valence-corrected chi connectivity index (χ2v) is 5.48. The third-order valence-corrected chi connectivity index (χ3v) is 3.69. The summed E-state index contributed by atoms with van der Waals surface area (Å²) in [5, 5.41) is 2.85. The highest BCUT2D eigenvalue weighted by Gasteiger charge is 2.04. The normalized spacial score (nSPS) is 11.1. The number of carbonyl (C=O) groups excluding carboxylic acids is 1. The van der Waals surface area contributed by atoms with E-state index in [4.69, 9.17) is 4.74 Å². The first kappa shape index (κ1) is 15.8. The molecule has 24 heavy (non-hydrogen) atoms. The number of rotatable bonds is 5. The molecule has 0 fully saturated rings. The molecule has 1 aromatic carbocycles. The van der Waals surface area contributed by atoms with Crippen molar-refractivity contribution in [3.8, 4) is 5.75 Å². The second kappa shape index (κ2) is 7.00. The zero-order chi connectivity index (χ0) is 16.9. The van der Waals surface area contributed by atoms with E-state index in [1.165, 1.54) is 6.08 Å². The number of nitrogens with one attached hydrogen (secondary N) is 1. The van der Waals surface area contributed by atoms with Crippen LogP contribution in [0.25, 0.3) is 11.7 Å². The Kier molecular flexibility index (Phi) is 4.61. The fourth-order valence-electron chi connectivity index (χ4n) is 2.44. The summed E-state index contributed by atoms with van der Waals surface area (Å²) in [6.07, 6.45) is 7.14. The van der Waals surface area contributed by atoms with Gasteiger partial charge in [-0.05, 0) is 42.3 Å². The van der Waals surface area contributed by atoms with E-state index in [1.54, 1.807) is 13.2 Å². The van der Waals surface area contributed by atoms with Gasteiger partial charge in [0.25, 0.3) is 0 Å². The molecule has 0 spiro atoms. The van der Waals surface area contributed by atoms with E-state index in [0.29, 0.717) is 6.54 Å². The van der Waals surface area contributed by atoms with Crippen LogP contribution in [0.15, 0.2) is 54.9 Å². The quantitative estimate of drug-likeness (QED) is 0.735. The highest BCUT2D eigenvalue weighted by Crippen LogP contribution is 2.13. The highest BCUT2D eigenvalue weighted by atomic mass is 16.5. The van der Waals surface area contributed by atoms with Crippen LogP contribution >= 0.6 is 0 Å². The van der Waals surface area contributed by atoms with E-state index in [-0.39, 0.29) is 5.91 Å². The average Bonchev–Trinajstić information content (AvgIpc) is 3.03. The van der Waals surface area contributed by atoms with E-state index in [9.17, 15) is 4.79 Å². The second-order valence-electron chi connectivity index (χ2n) is 5.48. The molecular formula is C19H19N3O2. The lowest BCUT2D eigenvalue weighted by Crippen LogP contribution is -2.20. The molecule has 1 amide bonds. The van der Waals surface area contributed by atoms with Gasteiger partial charge in [-0.2, -0.15) is 0 Å². The maximum Gasteiger partial charge on any atom is 0.244 e. The van der Waals surface area contributed by atoms with Crippen molar-refractivity contribution in [3.63, 3.8) is 0 Å². The third-order valence-electron chi connectivity index (χ3n) is 3.69. The predicted molar refractivity (Wildman–Crippen MR) is 93.8 cm³/mol. The zero-order valence-corrected chi connectivity index (χ0v) is 13.7. The van der Waals surface area contributed by atoms with Crippen LogP contribution in [-0.4, -0.2) is 22.4 Å². The van der Waals surface area contributed by atoms with Crippen molar-refractivity contribution in [2.75, 3.05) is 7.11 Å². The Labute approximate surface area is 140 Å². The first-order valence-electron chi connectivity index (χ1n) is 7.69. The molecule has 5 heteroatoms. The molecular weight excluding hydrogens is 302 g/mol. The Balaban J connectivity index is 1.62. The van der Waals surface area contributed by atoms with E-state index < -0.39 is 0 Å². The number of aryl methyl sites for hydroxylation is 1. The highest BCUT2D eigenvalue weighted by molar-refractivity contribution is 5.91. The van der Waals surface area contributed by atoms with E-state index in [0.717, 1.165) is 28.2 Å². The number of hydrogen-bond donors (Lipinski definition) is 1. The molecule has 1 N–H and O–H groups in total. The maximum absolute atomic E-state index is 12.0. The van der Waals surface area contributed by atoms with Gasteiger partial charge in [-0.25, -0.2) is 4.98 Å². The standard InChI is InChI=1S/C19H19N3O2/c1-14-5-4-10-22-13-16(21-19(14)22)12-20-18(23)9-8-15-6-3-7-17(11-15)24-2/h3-11,13H,12H2,1-2H3,(H,20,23)/b9-8+. The molecule has 122 valence electrons. The smallest absolute Gasteiger partial charge is 0.244 e. The molecule has 0 bridgehead atoms. The number of nitrogens with zero attached hydrogens (tertiary/aromatic N) is 2. The van der Waals surface area contributed by atoms with E-state index in [1.807, 2.05) is 60.1 Å². The molecule has 0 radical (unpaired) electrons. The molecule has 0 aliphatic carbocycles. The van der Waals surface area contributed by atoms with Gasteiger partial charge in [0.05, 0.1) is 19.3 Å². The van der Waals surface area contributed by atoms with Gasteiger partial charge in [0.15, 0.2) is 0 Å². The summed E-state index contributed by atoms with van der Waals surface area (Å²) in [6.45, 7) is 2.41. The summed E-state index contributed by atoms with van der Waals surface area (Å²) in [4.78, 5) is 16.5. The first-order chi connectivity index (χ1) is 11.7. The van der Waals surface area contributed by atoms with E-state index in [2.05, 4.69) is 10.3 Å². The van der Waals surface area contributed by atoms with Crippen molar-refractivity contribution in [1.29, 1.82) is 0 Å². The Bertz CT molecular complexity index is 897. The Hall–Kier alpha value is -3.08. The van der Waals surface area contributed by atoms with Crippen molar-refractivity contribution in [2.45, 2.75) is 13.5 Å². The number of benzene rings is 1. The fourth-order valence-corrected chi connectivity index (χ4v) is 2.44. The van der Waals surface area contributed by atoms with E-state index >= 15 is 0 Å². The summed E-state index contributed by atoms with van der Waals surface area (Å²) >= 11 is 0. The minimum absolute atomic E-state index is 0.161. The van der Waals surface area contributed by atoms with Gasteiger partial charge in [-0.15, -0.1) is 0 Å². The third kappa shape index (κ3) is 3.63. The van der Waals surface area contributed by atoms with Gasteiger partial charge < -0.3 is 14.5 Å². The van der Waals surface area contributed by atoms with Gasteiger partial charge in [0, 0.05) is 18.5 Å². The number of methoxy groups -OCH3 is 1. The van der Waals surface area contributed by atoms with Crippen molar-refractivity contribution in [3.05, 3.63) is 71.7 Å². The predicted octanol–water partition coefficient (Wildman–Crippen LogP) is 2.98. The number of carbonyl (C=O) groups is 1. The molecule has 0 saturated heterocycles. The summed E-state index contributed by atoms with van der Waals surface area (Å²) in [5.41, 5.74) is 3.75. The minimum atomic E-state index is -0.161. The average molecular weight is 321 g/mol. The summed E-state index contributed by atoms with van der Waals surface area (Å²) < 4.78 is 7.12. The minimum Gasteiger partial charge on any atom is -0.497 e. The Morgan fingerprint density at radius 1 is 1.33 bits per heavy atom. The molecule has 5 nitrogen and oxygen atoms in total. The van der Waals surface area contributed by atoms with Gasteiger partial charge in [0.1, 0.15) is 11.4 Å². The molecule has 2 heterocycles. The number of fused-ring (bicyclic) bond motifs is 1. The van der Waals surface area contributed by atoms with Crippen LogP contribution in [0.4, 0.5) is 0 Å². The monoisotopic (exact) mass is 321 g/mol. The van der Waals surface area contributed by atoms with Crippen LogP contribution in [0.2, 0.25) is 0 Å². The first-order valence-corrected chi connectivity index (χ1v) is 7.69. The number of amides is 1. The van der Waals surface area contributed by atoms with Gasteiger partial charge in [-0.3, -0.25) is 4.79 Å². The van der Waals surface area contributed by atoms with Gasteiger partial charge >= 0.3 is 0 Å². The maximum atomic E-state index is 12.0. The fraction of sp³-hybridized carbons (Fsp3) is 0.158. The zero-order valence-electron chi connectivity index (χ0n) is 13.7. The summed E-state index contributed by atoms with van der Waals surface area (Å²) in [6, 6.07) is 11.5. The lowest BCUT2D eigenvalue weighted by molar-refractivity contribution is -0.116. The summed E-state index contributed by atoms with van der Waals surface area (Å²) in [5.74, 6) is 0.601. The SMILES string of the molecule is COc1cccc(/C=C/C(=O)NCc2cn3cccc(C)c3n2)c1. The van der Waals surface area contributed by atoms with Gasteiger partial charge in [0.2, 0.25) is 5.91 Å². The van der Waals surface area contributed by atoms with Crippen molar-refractivity contribution in [1.82, 2.24) is 14.7 Å². The lowest BCUT2D eigenvalue weighted by atomic mass is 10.2. The Morgan fingerprint density at radius 2 is 2.21 bits per heavy atom. The summed E-state index contributed by atoms with van der Waals surface area (Å²) in [7, 11) is 1.62. The Morgan fingerprint density at radius 3 is 3.00 bits per heavy atom. The molecule has 0 unspecified atom stereocenters. The van der Waals surface area contributed by atoms with Crippen LogP contribution in [0, 0.1) is 6.92 Å². The van der Waals surface area contributed by atoms with Crippen molar-refractivity contribution >= 4 is 17.6 Å². The number of pyridine rings is 1. The molecule has 0 aliphatic rings. The van der Waals surface area contributed by atoms with Crippen LogP contribution in [0.5, 0.6) is 5.75 Å². The molecule has 0 atom stereocenters. The van der Waals surface area contributed by atoms with Gasteiger partial charge in [-0.1, -0.05) is 18.2 Å². The molecule has 3 rings (SSSR count). The number of aromatic nitrogens is 2. The van der Waals surface area contributed by atoms with Crippen LogP contribution < -0.4 is 10.1 Å². The van der Waals surface area contributed by atoms with Crippen LogP contribution in [0.1, 0.15) is 16.8 Å². The van der Waals surface area contributed by atoms with Crippen molar-refractivity contribution in [2.24, 2.45) is 0 Å².